The van der Waals surface area contributed by atoms with Crippen LogP contribution in [0.3, 0.4) is 0 Å². The molecule has 3 aromatic rings. The van der Waals surface area contributed by atoms with E-state index < -0.39 is 0 Å². The first-order valence-electron chi connectivity index (χ1n) is 6.92. The van der Waals surface area contributed by atoms with Crippen LogP contribution in [0.15, 0.2) is 75.3 Å². The molecule has 0 aliphatic heterocycles. The Morgan fingerprint density at radius 2 is 2.04 bits per heavy atom. The number of amides is 1. The molecule has 3 rings (SSSR count). The topological polar surface area (TPSA) is 55.1 Å². The molecule has 1 N–H and O–H groups in total. The molecular formula is C17H13ClN2O2S. The quantitative estimate of drug-likeness (QED) is 0.745. The van der Waals surface area contributed by atoms with Crippen LogP contribution >= 0.6 is 23.4 Å². The molecule has 0 bridgehead atoms. The molecule has 116 valence electrons. The third kappa shape index (κ3) is 3.94. The van der Waals surface area contributed by atoms with Gasteiger partial charge in [0.1, 0.15) is 10.8 Å². The summed E-state index contributed by atoms with van der Waals surface area (Å²) in [6.07, 6.45) is 3.23. The second-order valence-corrected chi connectivity index (χ2v) is 6.09. The number of rotatable bonds is 5. The zero-order chi connectivity index (χ0) is 16.1. The molecule has 0 aliphatic carbocycles. The van der Waals surface area contributed by atoms with Crippen LogP contribution in [0.25, 0.3) is 0 Å². The van der Waals surface area contributed by atoms with Gasteiger partial charge in [0, 0.05) is 11.1 Å². The molecule has 0 aliphatic rings. The largest absolute Gasteiger partial charge is 0.467 e. The summed E-state index contributed by atoms with van der Waals surface area (Å²) in [7, 11) is 0. The smallest absolute Gasteiger partial charge is 0.254 e. The summed E-state index contributed by atoms with van der Waals surface area (Å²) in [5.74, 6) is 0.492. The zero-order valence-electron chi connectivity index (χ0n) is 12.0. The maximum absolute atomic E-state index is 12.4. The first-order valence-corrected chi connectivity index (χ1v) is 8.11. The van der Waals surface area contributed by atoms with E-state index in [2.05, 4.69) is 10.3 Å². The molecule has 0 saturated carbocycles. The van der Waals surface area contributed by atoms with Gasteiger partial charge in [0.25, 0.3) is 5.91 Å². The average Bonchev–Trinajstić information content (AvgIpc) is 3.09. The second-order valence-electron chi connectivity index (χ2n) is 4.65. The summed E-state index contributed by atoms with van der Waals surface area (Å²) in [6.45, 7) is 0.330. The van der Waals surface area contributed by atoms with E-state index in [9.17, 15) is 4.79 Å². The molecule has 0 saturated heterocycles. The molecule has 2 aromatic heterocycles. The van der Waals surface area contributed by atoms with Crippen molar-refractivity contribution in [2.75, 3.05) is 0 Å². The van der Waals surface area contributed by atoms with Gasteiger partial charge >= 0.3 is 0 Å². The number of carbonyl (C=O) groups is 1. The van der Waals surface area contributed by atoms with E-state index in [0.29, 0.717) is 27.9 Å². The number of nitrogens with zero attached hydrogens (tertiary/aromatic N) is 1. The molecule has 0 atom stereocenters. The minimum absolute atomic E-state index is 0.205. The average molecular weight is 345 g/mol. The molecule has 4 nitrogen and oxygen atoms in total. The number of aromatic nitrogens is 1. The predicted octanol–water partition coefficient (Wildman–Crippen LogP) is 4.41. The Hall–Kier alpha value is -2.24. The van der Waals surface area contributed by atoms with Crippen LogP contribution in [-0.2, 0) is 6.54 Å². The van der Waals surface area contributed by atoms with Crippen molar-refractivity contribution in [2.45, 2.75) is 16.5 Å². The van der Waals surface area contributed by atoms with Crippen LogP contribution in [-0.4, -0.2) is 10.9 Å². The van der Waals surface area contributed by atoms with Crippen molar-refractivity contribution in [3.05, 3.63) is 77.3 Å². The maximum atomic E-state index is 12.4. The highest BCUT2D eigenvalue weighted by atomic mass is 35.5. The highest BCUT2D eigenvalue weighted by Gasteiger charge is 2.14. The molecule has 1 aromatic carbocycles. The first kappa shape index (κ1) is 15.6. The Labute approximate surface area is 142 Å². The number of carbonyl (C=O) groups excluding carboxylic acids is 1. The minimum Gasteiger partial charge on any atom is -0.467 e. The maximum Gasteiger partial charge on any atom is 0.254 e. The van der Waals surface area contributed by atoms with Gasteiger partial charge in [0.2, 0.25) is 0 Å². The Morgan fingerprint density at radius 1 is 1.17 bits per heavy atom. The van der Waals surface area contributed by atoms with Crippen LogP contribution in [0, 0.1) is 0 Å². The number of pyridine rings is 1. The van der Waals surface area contributed by atoms with E-state index in [4.69, 9.17) is 16.0 Å². The van der Waals surface area contributed by atoms with Gasteiger partial charge in [-0.15, -0.1) is 0 Å². The fourth-order valence-electron chi connectivity index (χ4n) is 1.95. The van der Waals surface area contributed by atoms with E-state index in [1.165, 1.54) is 11.8 Å². The summed E-state index contributed by atoms with van der Waals surface area (Å²) >= 11 is 7.54. The van der Waals surface area contributed by atoms with Crippen molar-refractivity contribution in [3.63, 3.8) is 0 Å². The minimum atomic E-state index is -0.205. The van der Waals surface area contributed by atoms with Crippen molar-refractivity contribution >= 4 is 29.3 Å². The molecule has 1 amide bonds. The molecule has 0 spiro atoms. The van der Waals surface area contributed by atoms with Crippen molar-refractivity contribution in [1.82, 2.24) is 10.3 Å². The van der Waals surface area contributed by atoms with Gasteiger partial charge in [0.05, 0.1) is 23.4 Å². The fraction of sp³-hybridized carbons (Fsp3) is 0.0588. The van der Waals surface area contributed by atoms with Crippen molar-refractivity contribution in [3.8, 4) is 0 Å². The molecular weight excluding hydrogens is 332 g/mol. The van der Waals surface area contributed by atoms with Crippen LogP contribution < -0.4 is 5.32 Å². The number of benzene rings is 1. The van der Waals surface area contributed by atoms with Gasteiger partial charge in [-0.3, -0.25) is 4.79 Å². The van der Waals surface area contributed by atoms with Crippen LogP contribution in [0.2, 0.25) is 5.02 Å². The lowest BCUT2D eigenvalue weighted by Gasteiger charge is -2.09. The van der Waals surface area contributed by atoms with Crippen LogP contribution in [0.5, 0.6) is 0 Å². The molecule has 23 heavy (non-hydrogen) atoms. The monoisotopic (exact) mass is 344 g/mol. The van der Waals surface area contributed by atoms with Gasteiger partial charge in [-0.1, -0.05) is 35.5 Å². The lowest BCUT2D eigenvalue weighted by Crippen LogP contribution is -2.23. The van der Waals surface area contributed by atoms with E-state index in [-0.39, 0.29) is 5.91 Å². The standard InChI is InChI=1S/C17H13ClN2O2S/c18-14-7-1-2-8-15(14)23-17-13(6-3-9-19-17)16(21)20-11-12-5-4-10-22-12/h1-10H,11H2,(H,20,21). The molecule has 0 fully saturated rings. The van der Waals surface area contributed by atoms with E-state index >= 15 is 0 Å². The lowest BCUT2D eigenvalue weighted by molar-refractivity contribution is 0.0944. The number of hydrogen-bond donors (Lipinski definition) is 1. The number of hydrogen-bond acceptors (Lipinski definition) is 4. The Morgan fingerprint density at radius 3 is 2.83 bits per heavy atom. The Kier molecular flexibility index (Phi) is 5.00. The first-order chi connectivity index (χ1) is 11.2. The molecule has 0 unspecified atom stereocenters. The predicted molar refractivity (Wildman–Crippen MR) is 89.7 cm³/mol. The molecule has 2 heterocycles. The van der Waals surface area contributed by atoms with Crippen LogP contribution in [0.1, 0.15) is 16.1 Å². The van der Waals surface area contributed by atoms with E-state index in [1.807, 2.05) is 30.3 Å². The number of furan rings is 1. The zero-order valence-corrected chi connectivity index (χ0v) is 13.6. The lowest BCUT2D eigenvalue weighted by atomic mass is 10.2. The van der Waals surface area contributed by atoms with E-state index in [1.54, 1.807) is 30.7 Å². The van der Waals surface area contributed by atoms with E-state index in [0.717, 1.165) is 4.90 Å². The normalized spacial score (nSPS) is 10.5. The summed E-state index contributed by atoms with van der Waals surface area (Å²) in [4.78, 5) is 17.6. The number of nitrogens with one attached hydrogen (secondary N) is 1. The fourth-order valence-corrected chi connectivity index (χ4v) is 3.11. The summed E-state index contributed by atoms with van der Waals surface area (Å²) in [5, 5.41) is 4.06. The van der Waals surface area contributed by atoms with Gasteiger partial charge < -0.3 is 9.73 Å². The van der Waals surface area contributed by atoms with Crippen molar-refractivity contribution in [2.24, 2.45) is 0 Å². The summed E-state index contributed by atoms with van der Waals surface area (Å²) in [5.41, 5.74) is 0.504. The van der Waals surface area contributed by atoms with Crippen LogP contribution in [0.4, 0.5) is 0 Å². The SMILES string of the molecule is O=C(NCc1ccco1)c1cccnc1Sc1ccccc1Cl. The third-order valence-corrected chi connectivity index (χ3v) is 4.60. The molecule has 6 heteroatoms. The summed E-state index contributed by atoms with van der Waals surface area (Å²) in [6, 6.07) is 14.5. The van der Waals surface area contributed by atoms with Gasteiger partial charge in [-0.2, -0.15) is 0 Å². The Bertz CT molecular complexity index is 806. The Balaban J connectivity index is 1.77. The van der Waals surface area contributed by atoms with Gasteiger partial charge in [-0.25, -0.2) is 4.98 Å². The van der Waals surface area contributed by atoms with Gasteiger partial charge in [0.15, 0.2) is 0 Å². The third-order valence-electron chi connectivity index (χ3n) is 3.06. The summed E-state index contributed by atoms with van der Waals surface area (Å²) < 4.78 is 5.21. The second kappa shape index (κ2) is 7.35. The molecule has 0 radical (unpaired) electrons. The number of halogens is 1. The highest BCUT2D eigenvalue weighted by Crippen LogP contribution is 2.33. The van der Waals surface area contributed by atoms with Crippen molar-refractivity contribution < 1.29 is 9.21 Å². The van der Waals surface area contributed by atoms with Gasteiger partial charge in [-0.05, 0) is 36.4 Å². The highest BCUT2D eigenvalue weighted by molar-refractivity contribution is 7.99. The van der Waals surface area contributed by atoms with Crippen molar-refractivity contribution in [1.29, 1.82) is 0 Å².